The minimum absolute atomic E-state index is 0.167. The maximum atomic E-state index is 12.5. The van der Waals surface area contributed by atoms with Crippen molar-refractivity contribution in [1.82, 2.24) is 4.72 Å². The van der Waals surface area contributed by atoms with Gasteiger partial charge in [0.1, 0.15) is 16.4 Å². The number of rotatable bonds is 5. The average molecular weight is 314 g/mol. The van der Waals surface area contributed by atoms with Gasteiger partial charge >= 0.3 is 0 Å². The average Bonchev–Trinajstić information content (AvgIpc) is 2.71. The summed E-state index contributed by atoms with van der Waals surface area (Å²) in [6.45, 7) is 6.32. The van der Waals surface area contributed by atoms with Crippen molar-refractivity contribution in [2.24, 2.45) is 17.6 Å². The smallest absolute Gasteiger partial charge is 0.244 e. The molecule has 120 valence electrons. The molecule has 2 rings (SSSR count). The van der Waals surface area contributed by atoms with E-state index in [1.54, 1.807) is 13.8 Å². The molecule has 0 aromatic carbocycles. The number of aryl methyl sites for hydroxylation is 2. The minimum atomic E-state index is -3.55. The fourth-order valence-electron chi connectivity index (χ4n) is 3.34. The van der Waals surface area contributed by atoms with Gasteiger partial charge in [-0.25, -0.2) is 13.1 Å². The van der Waals surface area contributed by atoms with Gasteiger partial charge in [-0.2, -0.15) is 0 Å². The van der Waals surface area contributed by atoms with Crippen LogP contribution in [0, 0.1) is 25.7 Å². The molecule has 0 saturated heterocycles. The second-order valence-corrected chi connectivity index (χ2v) is 7.92. The van der Waals surface area contributed by atoms with E-state index in [2.05, 4.69) is 11.6 Å². The van der Waals surface area contributed by atoms with Crippen LogP contribution in [0.3, 0.4) is 0 Å². The molecular weight excluding hydrogens is 288 g/mol. The molecule has 0 amide bonds. The number of sulfonamides is 1. The van der Waals surface area contributed by atoms with E-state index >= 15 is 0 Å². The molecule has 0 bridgehead atoms. The first-order chi connectivity index (χ1) is 9.85. The summed E-state index contributed by atoms with van der Waals surface area (Å²) in [6.07, 6.45) is 4.63. The highest BCUT2D eigenvalue weighted by atomic mass is 32.2. The van der Waals surface area contributed by atoms with E-state index in [4.69, 9.17) is 10.2 Å². The van der Waals surface area contributed by atoms with E-state index in [9.17, 15) is 8.42 Å². The topological polar surface area (TPSA) is 85.3 Å². The highest BCUT2D eigenvalue weighted by molar-refractivity contribution is 7.89. The molecule has 2 atom stereocenters. The Morgan fingerprint density at radius 3 is 2.62 bits per heavy atom. The number of hydrogen-bond donors (Lipinski definition) is 2. The lowest BCUT2D eigenvalue weighted by molar-refractivity contribution is 0.283. The zero-order valence-electron chi connectivity index (χ0n) is 13.1. The SMILES string of the molecule is Cc1oc(C)c(S(=O)(=O)NCC2CCCC(C)C2)c1CN. The lowest BCUT2D eigenvalue weighted by Crippen LogP contribution is -2.32. The van der Waals surface area contributed by atoms with Crippen LogP contribution in [0.2, 0.25) is 0 Å². The first-order valence-electron chi connectivity index (χ1n) is 7.63. The molecule has 1 aromatic heterocycles. The van der Waals surface area contributed by atoms with Crippen LogP contribution in [0.5, 0.6) is 0 Å². The standard InChI is InChI=1S/C15H26N2O3S/c1-10-5-4-6-13(7-10)9-17-21(18,19)15-12(3)20-11(2)14(15)8-16/h10,13,17H,4-9,16H2,1-3H3. The summed E-state index contributed by atoms with van der Waals surface area (Å²) >= 11 is 0. The van der Waals surface area contributed by atoms with Gasteiger partial charge in [0.15, 0.2) is 0 Å². The minimum Gasteiger partial charge on any atom is -0.465 e. The van der Waals surface area contributed by atoms with Gasteiger partial charge in [-0.05, 0) is 38.5 Å². The number of nitrogens with two attached hydrogens (primary N) is 1. The molecule has 1 aliphatic carbocycles. The van der Waals surface area contributed by atoms with Crippen LogP contribution < -0.4 is 10.5 Å². The predicted molar refractivity (Wildman–Crippen MR) is 82.4 cm³/mol. The van der Waals surface area contributed by atoms with E-state index in [0.29, 0.717) is 35.5 Å². The monoisotopic (exact) mass is 314 g/mol. The highest BCUT2D eigenvalue weighted by Gasteiger charge is 2.27. The van der Waals surface area contributed by atoms with Crippen LogP contribution in [0.1, 0.15) is 49.7 Å². The predicted octanol–water partition coefficient (Wildman–Crippen LogP) is 2.46. The van der Waals surface area contributed by atoms with Gasteiger partial charge in [0.2, 0.25) is 10.0 Å². The Morgan fingerprint density at radius 1 is 1.29 bits per heavy atom. The van der Waals surface area contributed by atoms with Crippen LogP contribution in [0.4, 0.5) is 0 Å². The first kappa shape index (κ1) is 16.5. The molecule has 0 radical (unpaired) electrons. The molecule has 1 aliphatic rings. The van der Waals surface area contributed by atoms with Gasteiger partial charge in [-0.15, -0.1) is 0 Å². The fraction of sp³-hybridized carbons (Fsp3) is 0.733. The summed E-state index contributed by atoms with van der Waals surface area (Å²) in [5.74, 6) is 2.11. The summed E-state index contributed by atoms with van der Waals surface area (Å²) in [7, 11) is -3.55. The van der Waals surface area contributed by atoms with Gasteiger partial charge in [-0.3, -0.25) is 0 Å². The zero-order valence-corrected chi connectivity index (χ0v) is 13.9. The maximum Gasteiger partial charge on any atom is 0.244 e. The molecular formula is C15H26N2O3S. The molecule has 5 nitrogen and oxygen atoms in total. The summed E-state index contributed by atoms with van der Waals surface area (Å²) in [6, 6.07) is 0. The van der Waals surface area contributed by atoms with Crippen LogP contribution >= 0.6 is 0 Å². The Bertz CT molecular complexity index is 592. The van der Waals surface area contributed by atoms with Crippen molar-refractivity contribution in [3.63, 3.8) is 0 Å². The van der Waals surface area contributed by atoms with E-state index in [0.717, 1.165) is 12.8 Å². The number of furan rings is 1. The largest absolute Gasteiger partial charge is 0.465 e. The van der Waals surface area contributed by atoms with Crippen molar-refractivity contribution in [3.05, 3.63) is 17.1 Å². The Labute approximate surface area is 127 Å². The third-order valence-electron chi connectivity index (χ3n) is 4.40. The zero-order chi connectivity index (χ0) is 15.6. The second kappa shape index (κ2) is 6.50. The summed E-state index contributed by atoms with van der Waals surface area (Å²) < 4.78 is 33.3. The van der Waals surface area contributed by atoms with E-state index in [1.165, 1.54) is 12.8 Å². The third-order valence-corrected chi connectivity index (χ3v) is 6.02. The van der Waals surface area contributed by atoms with Crippen molar-refractivity contribution >= 4 is 10.0 Å². The van der Waals surface area contributed by atoms with Crippen molar-refractivity contribution in [3.8, 4) is 0 Å². The van der Waals surface area contributed by atoms with Crippen molar-refractivity contribution < 1.29 is 12.8 Å². The molecule has 1 saturated carbocycles. The first-order valence-corrected chi connectivity index (χ1v) is 9.12. The molecule has 3 N–H and O–H groups in total. The van der Waals surface area contributed by atoms with Crippen LogP contribution in [0.25, 0.3) is 0 Å². The molecule has 0 aliphatic heterocycles. The second-order valence-electron chi connectivity index (χ2n) is 6.22. The van der Waals surface area contributed by atoms with E-state index in [-0.39, 0.29) is 11.4 Å². The van der Waals surface area contributed by atoms with Gasteiger partial charge in [0.05, 0.1) is 0 Å². The molecule has 2 unspecified atom stereocenters. The third kappa shape index (κ3) is 3.67. The Hall–Kier alpha value is -0.850. The lowest BCUT2D eigenvalue weighted by Gasteiger charge is -2.26. The van der Waals surface area contributed by atoms with Gasteiger partial charge < -0.3 is 10.2 Å². The van der Waals surface area contributed by atoms with Crippen LogP contribution in [-0.4, -0.2) is 15.0 Å². The lowest BCUT2D eigenvalue weighted by atomic mass is 9.83. The van der Waals surface area contributed by atoms with E-state index in [1.807, 2.05) is 0 Å². The number of nitrogens with one attached hydrogen (secondary N) is 1. The van der Waals surface area contributed by atoms with Gasteiger partial charge in [0, 0.05) is 18.7 Å². The van der Waals surface area contributed by atoms with Crippen LogP contribution in [-0.2, 0) is 16.6 Å². The van der Waals surface area contributed by atoms with Crippen molar-refractivity contribution in [2.45, 2.75) is 57.9 Å². The van der Waals surface area contributed by atoms with Crippen molar-refractivity contribution in [1.29, 1.82) is 0 Å². The fourth-order valence-corrected chi connectivity index (χ4v) is 4.91. The summed E-state index contributed by atoms with van der Waals surface area (Å²) in [5, 5.41) is 0. The normalized spacial score (nSPS) is 23.4. The maximum absolute atomic E-state index is 12.5. The van der Waals surface area contributed by atoms with Crippen molar-refractivity contribution in [2.75, 3.05) is 6.54 Å². The molecule has 21 heavy (non-hydrogen) atoms. The Kier molecular flexibility index (Phi) is 5.11. The summed E-state index contributed by atoms with van der Waals surface area (Å²) in [4.78, 5) is 0.228. The Morgan fingerprint density at radius 2 is 2.00 bits per heavy atom. The molecule has 1 heterocycles. The number of hydrogen-bond acceptors (Lipinski definition) is 4. The Balaban J connectivity index is 2.12. The molecule has 6 heteroatoms. The quantitative estimate of drug-likeness (QED) is 0.874. The molecule has 0 spiro atoms. The molecule has 1 aromatic rings. The highest BCUT2D eigenvalue weighted by Crippen LogP contribution is 2.29. The summed E-state index contributed by atoms with van der Waals surface area (Å²) in [5.41, 5.74) is 6.25. The van der Waals surface area contributed by atoms with Crippen LogP contribution in [0.15, 0.2) is 9.31 Å². The van der Waals surface area contributed by atoms with Gasteiger partial charge in [-0.1, -0.05) is 19.8 Å². The molecule has 1 fully saturated rings. The van der Waals surface area contributed by atoms with E-state index < -0.39 is 10.0 Å². The van der Waals surface area contributed by atoms with Gasteiger partial charge in [0.25, 0.3) is 0 Å².